The van der Waals surface area contributed by atoms with Crippen molar-refractivity contribution in [3.8, 4) is 0 Å². The maximum absolute atomic E-state index is 12.3. The van der Waals surface area contributed by atoms with E-state index in [0.717, 1.165) is 30.6 Å². The lowest BCUT2D eigenvalue weighted by Gasteiger charge is -2.23. The number of amides is 4. The van der Waals surface area contributed by atoms with E-state index in [1.165, 1.54) is 11.3 Å². The minimum absolute atomic E-state index is 0.104. The van der Waals surface area contributed by atoms with Crippen molar-refractivity contribution >= 4 is 23.5 Å². The Labute approximate surface area is 140 Å². The quantitative estimate of drug-likeness (QED) is 0.818. The number of anilines is 1. The maximum Gasteiger partial charge on any atom is 0.333 e. The summed E-state index contributed by atoms with van der Waals surface area (Å²) in [4.78, 5) is 38.0. The van der Waals surface area contributed by atoms with E-state index in [4.69, 9.17) is 5.11 Å². The van der Waals surface area contributed by atoms with Crippen LogP contribution in [0.2, 0.25) is 0 Å². The maximum atomic E-state index is 12.3. The van der Waals surface area contributed by atoms with Crippen LogP contribution in [0.15, 0.2) is 24.3 Å². The molecule has 1 saturated carbocycles. The highest BCUT2D eigenvalue weighted by molar-refractivity contribution is 6.12. The van der Waals surface area contributed by atoms with Gasteiger partial charge in [-0.05, 0) is 37.1 Å². The smallest absolute Gasteiger partial charge is 0.333 e. The Morgan fingerprint density at radius 3 is 2.38 bits per heavy atom. The molecule has 7 heteroatoms. The molecule has 0 aromatic heterocycles. The number of rotatable bonds is 4. The van der Waals surface area contributed by atoms with Crippen LogP contribution in [0, 0.1) is 0 Å². The van der Waals surface area contributed by atoms with Gasteiger partial charge in [0.15, 0.2) is 0 Å². The SMILES string of the molecule is O=C(NC1CCCCC1)c1ccc(N2CC(=O)N(CO)C2=O)cc1. The Morgan fingerprint density at radius 2 is 1.79 bits per heavy atom. The van der Waals surface area contributed by atoms with Crippen molar-refractivity contribution in [1.82, 2.24) is 10.2 Å². The molecule has 3 rings (SSSR count). The molecule has 0 radical (unpaired) electrons. The molecule has 128 valence electrons. The molecule has 0 unspecified atom stereocenters. The Hall–Kier alpha value is -2.41. The van der Waals surface area contributed by atoms with Crippen molar-refractivity contribution in [1.29, 1.82) is 0 Å². The normalized spacial score (nSPS) is 19.0. The van der Waals surface area contributed by atoms with Gasteiger partial charge in [-0.1, -0.05) is 19.3 Å². The number of aliphatic hydroxyl groups is 1. The predicted octanol–water partition coefficient (Wildman–Crippen LogP) is 1.47. The summed E-state index contributed by atoms with van der Waals surface area (Å²) in [7, 11) is 0. The van der Waals surface area contributed by atoms with Crippen molar-refractivity contribution < 1.29 is 19.5 Å². The Morgan fingerprint density at radius 1 is 1.12 bits per heavy atom. The standard InChI is InChI=1S/C17H21N3O4/c21-11-20-15(22)10-19(17(20)24)14-8-6-12(7-9-14)16(23)18-13-4-2-1-3-5-13/h6-9,13,21H,1-5,10-11H2,(H,18,23). The lowest BCUT2D eigenvalue weighted by molar-refractivity contribution is -0.127. The Balaban J connectivity index is 1.66. The first-order valence-electron chi connectivity index (χ1n) is 8.24. The molecule has 1 aliphatic heterocycles. The molecular formula is C17H21N3O4. The molecule has 0 atom stereocenters. The Kier molecular flexibility index (Phi) is 4.80. The lowest BCUT2D eigenvalue weighted by atomic mass is 9.95. The van der Waals surface area contributed by atoms with Crippen molar-refractivity contribution in [3.63, 3.8) is 0 Å². The fraction of sp³-hybridized carbons (Fsp3) is 0.471. The zero-order valence-corrected chi connectivity index (χ0v) is 13.4. The number of imide groups is 1. The molecule has 2 N–H and O–H groups in total. The molecule has 1 aromatic carbocycles. The average Bonchev–Trinajstić information content (AvgIpc) is 2.89. The van der Waals surface area contributed by atoms with Crippen LogP contribution >= 0.6 is 0 Å². The van der Waals surface area contributed by atoms with Gasteiger partial charge in [0.25, 0.3) is 11.8 Å². The largest absolute Gasteiger partial charge is 0.376 e. The van der Waals surface area contributed by atoms with Crippen LogP contribution in [0.5, 0.6) is 0 Å². The monoisotopic (exact) mass is 331 g/mol. The molecule has 1 aliphatic carbocycles. The first-order chi connectivity index (χ1) is 11.6. The molecule has 0 bridgehead atoms. The van der Waals surface area contributed by atoms with Gasteiger partial charge in [0, 0.05) is 17.3 Å². The van der Waals surface area contributed by atoms with Gasteiger partial charge >= 0.3 is 6.03 Å². The van der Waals surface area contributed by atoms with Gasteiger partial charge in [-0.2, -0.15) is 0 Å². The number of aliphatic hydroxyl groups excluding tert-OH is 1. The van der Waals surface area contributed by atoms with E-state index in [9.17, 15) is 14.4 Å². The summed E-state index contributed by atoms with van der Waals surface area (Å²) in [5.74, 6) is -0.559. The van der Waals surface area contributed by atoms with E-state index >= 15 is 0 Å². The second kappa shape index (κ2) is 7.00. The summed E-state index contributed by atoms with van der Waals surface area (Å²) in [5, 5.41) is 12.1. The fourth-order valence-electron chi connectivity index (χ4n) is 3.19. The van der Waals surface area contributed by atoms with Crippen molar-refractivity contribution in [2.75, 3.05) is 18.2 Å². The second-order valence-electron chi connectivity index (χ2n) is 6.19. The number of nitrogens with one attached hydrogen (secondary N) is 1. The van der Waals surface area contributed by atoms with E-state index < -0.39 is 18.7 Å². The van der Waals surface area contributed by atoms with E-state index in [2.05, 4.69) is 5.32 Å². The van der Waals surface area contributed by atoms with Gasteiger partial charge in [-0.15, -0.1) is 0 Å². The summed E-state index contributed by atoms with van der Waals surface area (Å²) in [6.07, 6.45) is 5.57. The van der Waals surface area contributed by atoms with Gasteiger partial charge in [0.1, 0.15) is 13.3 Å². The van der Waals surface area contributed by atoms with Gasteiger partial charge in [0.2, 0.25) is 0 Å². The topological polar surface area (TPSA) is 90.0 Å². The second-order valence-corrected chi connectivity index (χ2v) is 6.19. The third kappa shape index (κ3) is 3.26. The number of hydrogen-bond acceptors (Lipinski definition) is 4. The van der Waals surface area contributed by atoms with E-state index in [1.807, 2.05) is 0 Å². The van der Waals surface area contributed by atoms with Gasteiger partial charge in [0.05, 0.1) is 0 Å². The number of benzene rings is 1. The molecule has 2 fully saturated rings. The average molecular weight is 331 g/mol. The minimum Gasteiger partial charge on any atom is -0.376 e. The Bertz CT molecular complexity index is 638. The van der Waals surface area contributed by atoms with E-state index in [-0.39, 0.29) is 18.5 Å². The molecule has 2 aliphatic rings. The highest BCUT2D eigenvalue weighted by Gasteiger charge is 2.36. The first-order valence-corrected chi connectivity index (χ1v) is 8.24. The molecule has 4 amide bonds. The molecule has 24 heavy (non-hydrogen) atoms. The van der Waals surface area contributed by atoms with Crippen molar-refractivity contribution in [2.45, 2.75) is 38.1 Å². The van der Waals surface area contributed by atoms with Crippen molar-refractivity contribution in [2.24, 2.45) is 0 Å². The van der Waals surface area contributed by atoms with Gasteiger partial charge in [-0.3, -0.25) is 14.5 Å². The molecule has 0 spiro atoms. The van der Waals surface area contributed by atoms with Crippen LogP contribution in [0.4, 0.5) is 10.5 Å². The summed E-state index contributed by atoms with van der Waals surface area (Å²) < 4.78 is 0. The zero-order valence-electron chi connectivity index (χ0n) is 13.4. The number of urea groups is 1. The van der Waals surface area contributed by atoms with Crippen LogP contribution in [-0.2, 0) is 4.79 Å². The summed E-state index contributed by atoms with van der Waals surface area (Å²) in [5.41, 5.74) is 1.06. The number of carbonyl (C=O) groups excluding carboxylic acids is 3. The van der Waals surface area contributed by atoms with Crippen LogP contribution in [0.25, 0.3) is 0 Å². The zero-order chi connectivity index (χ0) is 17.1. The third-order valence-corrected chi connectivity index (χ3v) is 4.58. The van der Waals surface area contributed by atoms with Gasteiger partial charge in [-0.25, -0.2) is 9.69 Å². The molecule has 1 heterocycles. The van der Waals surface area contributed by atoms with Crippen LogP contribution in [-0.4, -0.2) is 47.2 Å². The lowest BCUT2D eigenvalue weighted by Crippen LogP contribution is -2.36. The summed E-state index contributed by atoms with van der Waals surface area (Å²) in [6, 6.07) is 6.26. The highest BCUT2D eigenvalue weighted by atomic mass is 16.3. The summed E-state index contributed by atoms with van der Waals surface area (Å²) in [6.45, 7) is -0.733. The molecule has 1 saturated heterocycles. The van der Waals surface area contributed by atoms with Crippen LogP contribution in [0.1, 0.15) is 42.5 Å². The van der Waals surface area contributed by atoms with Crippen LogP contribution < -0.4 is 10.2 Å². The summed E-state index contributed by atoms with van der Waals surface area (Å²) >= 11 is 0. The molecule has 7 nitrogen and oxygen atoms in total. The van der Waals surface area contributed by atoms with E-state index in [1.54, 1.807) is 24.3 Å². The third-order valence-electron chi connectivity index (χ3n) is 4.58. The molecule has 1 aromatic rings. The fourth-order valence-corrected chi connectivity index (χ4v) is 3.19. The highest BCUT2D eigenvalue weighted by Crippen LogP contribution is 2.22. The minimum atomic E-state index is -0.629. The number of carbonyl (C=O) groups is 3. The predicted molar refractivity (Wildman–Crippen MR) is 87.5 cm³/mol. The first kappa shape index (κ1) is 16.4. The van der Waals surface area contributed by atoms with E-state index in [0.29, 0.717) is 11.3 Å². The number of nitrogens with zero attached hydrogens (tertiary/aromatic N) is 2. The van der Waals surface area contributed by atoms with Crippen molar-refractivity contribution in [3.05, 3.63) is 29.8 Å². The number of hydrogen-bond donors (Lipinski definition) is 2. The molecular weight excluding hydrogens is 310 g/mol. The van der Waals surface area contributed by atoms with Gasteiger partial charge < -0.3 is 10.4 Å². The van der Waals surface area contributed by atoms with Crippen LogP contribution in [0.3, 0.4) is 0 Å².